The minimum absolute atomic E-state index is 0.148. The van der Waals surface area contributed by atoms with Crippen LogP contribution in [0.2, 0.25) is 5.02 Å². The maximum absolute atomic E-state index is 12.5. The highest BCUT2D eigenvalue weighted by molar-refractivity contribution is 6.31. The predicted molar refractivity (Wildman–Crippen MR) is 37.5 cm³/mol. The summed E-state index contributed by atoms with van der Waals surface area (Å²) in [7, 11) is 0. The number of aromatic hydroxyl groups is 1. The molecule has 2 nitrogen and oxygen atoms in total. The number of phenolic OH excluding ortho intramolecular Hbond substituents is 1. The van der Waals surface area contributed by atoms with Crippen LogP contribution in [-0.2, 0) is 0 Å². The van der Waals surface area contributed by atoms with Crippen molar-refractivity contribution in [2.75, 3.05) is 5.73 Å². The standard InChI is InChI=1S/C6H5ClFNO/c7-3-1-4(9)6(8)5(10)2-3/h1-2,10H,9H2. The first-order valence-corrected chi connectivity index (χ1v) is 2.92. The molecule has 0 atom stereocenters. The number of nitrogens with two attached hydrogens (primary N) is 1. The zero-order valence-corrected chi connectivity index (χ0v) is 5.69. The van der Waals surface area contributed by atoms with Gasteiger partial charge < -0.3 is 10.8 Å². The normalized spacial score (nSPS) is 9.80. The fourth-order valence-electron chi connectivity index (χ4n) is 0.595. The Bertz CT molecular complexity index is 241. The highest BCUT2D eigenvalue weighted by Gasteiger charge is 2.04. The van der Waals surface area contributed by atoms with Crippen molar-refractivity contribution in [2.24, 2.45) is 0 Å². The van der Waals surface area contributed by atoms with Gasteiger partial charge in [0.05, 0.1) is 5.69 Å². The first-order chi connectivity index (χ1) is 4.61. The van der Waals surface area contributed by atoms with E-state index in [1.165, 1.54) is 6.07 Å². The maximum Gasteiger partial charge on any atom is 0.187 e. The topological polar surface area (TPSA) is 46.2 Å². The minimum atomic E-state index is -0.829. The van der Waals surface area contributed by atoms with E-state index in [2.05, 4.69) is 0 Å². The molecule has 10 heavy (non-hydrogen) atoms. The van der Waals surface area contributed by atoms with Gasteiger partial charge in [0.1, 0.15) is 0 Å². The van der Waals surface area contributed by atoms with Gasteiger partial charge in [0.2, 0.25) is 0 Å². The van der Waals surface area contributed by atoms with Crippen LogP contribution in [0.1, 0.15) is 0 Å². The maximum atomic E-state index is 12.5. The highest BCUT2D eigenvalue weighted by atomic mass is 35.5. The van der Waals surface area contributed by atoms with Gasteiger partial charge >= 0.3 is 0 Å². The van der Waals surface area contributed by atoms with Crippen molar-refractivity contribution in [1.82, 2.24) is 0 Å². The average molecular weight is 162 g/mol. The van der Waals surface area contributed by atoms with Gasteiger partial charge in [-0.2, -0.15) is 0 Å². The summed E-state index contributed by atoms with van der Waals surface area (Å²) in [5.41, 5.74) is 4.95. The van der Waals surface area contributed by atoms with E-state index in [1.807, 2.05) is 0 Å². The van der Waals surface area contributed by atoms with Crippen LogP contribution in [0.15, 0.2) is 12.1 Å². The Hall–Kier alpha value is -0.960. The van der Waals surface area contributed by atoms with Gasteiger partial charge in [-0.3, -0.25) is 0 Å². The molecule has 0 bridgehead atoms. The van der Waals surface area contributed by atoms with E-state index in [0.717, 1.165) is 6.07 Å². The fourth-order valence-corrected chi connectivity index (χ4v) is 0.816. The number of rotatable bonds is 0. The molecular formula is C6H5ClFNO. The summed E-state index contributed by atoms with van der Waals surface area (Å²) in [6, 6.07) is 2.32. The molecule has 0 aliphatic heterocycles. The molecule has 3 N–H and O–H groups in total. The van der Waals surface area contributed by atoms with Crippen LogP contribution in [0, 0.1) is 5.82 Å². The molecule has 0 unspecified atom stereocenters. The number of anilines is 1. The van der Waals surface area contributed by atoms with E-state index in [1.54, 1.807) is 0 Å². The van der Waals surface area contributed by atoms with E-state index >= 15 is 0 Å². The summed E-state index contributed by atoms with van der Waals surface area (Å²) in [4.78, 5) is 0. The first kappa shape index (κ1) is 7.15. The molecule has 0 saturated heterocycles. The lowest BCUT2D eigenvalue weighted by Gasteiger charge is -1.98. The number of hydrogen-bond acceptors (Lipinski definition) is 2. The van der Waals surface area contributed by atoms with Crippen molar-refractivity contribution < 1.29 is 9.50 Å². The molecular weight excluding hydrogens is 157 g/mol. The zero-order chi connectivity index (χ0) is 7.72. The Kier molecular flexibility index (Phi) is 1.68. The summed E-state index contributed by atoms with van der Waals surface area (Å²) in [5, 5.41) is 8.96. The third-order valence-corrected chi connectivity index (χ3v) is 1.26. The average Bonchev–Trinajstić information content (AvgIpc) is 1.82. The van der Waals surface area contributed by atoms with Crippen LogP contribution in [0.4, 0.5) is 10.1 Å². The Labute approximate surface area is 62.0 Å². The number of phenols is 1. The summed E-state index contributed by atoms with van der Waals surface area (Å²) in [5.74, 6) is -1.35. The smallest absolute Gasteiger partial charge is 0.187 e. The Morgan fingerprint density at radius 3 is 2.60 bits per heavy atom. The molecule has 0 aliphatic carbocycles. The zero-order valence-electron chi connectivity index (χ0n) is 4.94. The third kappa shape index (κ3) is 1.14. The summed E-state index contributed by atoms with van der Waals surface area (Å²) in [6.07, 6.45) is 0. The van der Waals surface area contributed by atoms with Crippen LogP contribution in [0.25, 0.3) is 0 Å². The highest BCUT2D eigenvalue weighted by Crippen LogP contribution is 2.25. The number of halogens is 2. The van der Waals surface area contributed by atoms with Gasteiger partial charge in [-0.15, -0.1) is 0 Å². The quantitative estimate of drug-likeness (QED) is 0.570. The van der Waals surface area contributed by atoms with Crippen LogP contribution in [-0.4, -0.2) is 5.11 Å². The molecule has 0 radical (unpaired) electrons. The number of hydrogen-bond donors (Lipinski definition) is 2. The summed E-state index contributed by atoms with van der Waals surface area (Å²) >= 11 is 5.42. The third-order valence-electron chi connectivity index (χ3n) is 1.05. The summed E-state index contributed by atoms with van der Waals surface area (Å²) < 4.78 is 12.5. The lowest BCUT2D eigenvalue weighted by atomic mass is 10.3. The van der Waals surface area contributed by atoms with Crippen LogP contribution in [0.3, 0.4) is 0 Å². The molecule has 1 aromatic rings. The van der Waals surface area contributed by atoms with Crippen molar-refractivity contribution in [3.8, 4) is 5.75 Å². The molecule has 1 aromatic carbocycles. The van der Waals surface area contributed by atoms with Gasteiger partial charge in [-0.25, -0.2) is 4.39 Å². The van der Waals surface area contributed by atoms with E-state index in [9.17, 15) is 4.39 Å². The fraction of sp³-hybridized carbons (Fsp3) is 0. The lowest BCUT2D eigenvalue weighted by Crippen LogP contribution is -1.89. The van der Waals surface area contributed by atoms with E-state index in [0.29, 0.717) is 0 Å². The second-order valence-electron chi connectivity index (χ2n) is 1.83. The van der Waals surface area contributed by atoms with Crippen molar-refractivity contribution in [3.63, 3.8) is 0 Å². The van der Waals surface area contributed by atoms with Gasteiger partial charge in [-0.05, 0) is 6.07 Å². The van der Waals surface area contributed by atoms with Gasteiger partial charge in [0.25, 0.3) is 0 Å². The van der Waals surface area contributed by atoms with Crippen LogP contribution >= 0.6 is 11.6 Å². The second kappa shape index (κ2) is 2.34. The predicted octanol–water partition coefficient (Wildman–Crippen LogP) is 1.77. The molecule has 0 spiro atoms. The van der Waals surface area contributed by atoms with Gasteiger partial charge in [-0.1, -0.05) is 11.6 Å². The van der Waals surface area contributed by atoms with Crippen molar-refractivity contribution in [2.45, 2.75) is 0 Å². The van der Waals surface area contributed by atoms with Gasteiger partial charge in [0.15, 0.2) is 11.6 Å². The molecule has 0 saturated carbocycles. The monoisotopic (exact) mass is 161 g/mol. The molecule has 0 aromatic heterocycles. The van der Waals surface area contributed by atoms with Crippen LogP contribution in [0.5, 0.6) is 5.75 Å². The number of nitrogen functional groups attached to an aromatic ring is 1. The Morgan fingerprint density at radius 2 is 2.10 bits per heavy atom. The Morgan fingerprint density at radius 1 is 1.50 bits per heavy atom. The molecule has 0 heterocycles. The molecule has 0 fully saturated rings. The Balaban J connectivity index is 3.31. The molecule has 0 amide bonds. The van der Waals surface area contributed by atoms with Crippen molar-refractivity contribution in [1.29, 1.82) is 0 Å². The summed E-state index contributed by atoms with van der Waals surface area (Å²) in [6.45, 7) is 0. The lowest BCUT2D eigenvalue weighted by molar-refractivity contribution is 0.434. The van der Waals surface area contributed by atoms with Gasteiger partial charge in [0, 0.05) is 11.1 Å². The largest absolute Gasteiger partial charge is 0.505 e. The van der Waals surface area contributed by atoms with E-state index in [-0.39, 0.29) is 10.7 Å². The van der Waals surface area contributed by atoms with E-state index in [4.69, 9.17) is 22.4 Å². The van der Waals surface area contributed by atoms with Crippen molar-refractivity contribution in [3.05, 3.63) is 23.0 Å². The van der Waals surface area contributed by atoms with Crippen molar-refractivity contribution >= 4 is 17.3 Å². The second-order valence-corrected chi connectivity index (χ2v) is 2.26. The molecule has 54 valence electrons. The minimum Gasteiger partial charge on any atom is -0.505 e. The first-order valence-electron chi connectivity index (χ1n) is 2.54. The SMILES string of the molecule is Nc1cc(Cl)cc(O)c1F. The molecule has 0 aliphatic rings. The van der Waals surface area contributed by atoms with E-state index < -0.39 is 11.6 Å². The molecule has 1 rings (SSSR count). The number of benzene rings is 1. The molecule has 4 heteroatoms. The van der Waals surface area contributed by atoms with Crippen LogP contribution < -0.4 is 5.73 Å².